The molecule has 0 unspecified atom stereocenters. The van der Waals surface area contributed by atoms with Gasteiger partial charge in [0.2, 0.25) is 0 Å². The Morgan fingerprint density at radius 3 is 2.27 bits per heavy atom. The average Bonchev–Trinajstić information content (AvgIpc) is 2.15. The van der Waals surface area contributed by atoms with E-state index in [0.717, 1.165) is 6.07 Å². The summed E-state index contributed by atoms with van der Waals surface area (Å²) < 4.78 is 61.0. The first kappa shape index (κ1) is 12.2. The van der Waals surface area contributed by atoms with Crippen molar-refractivity contribution in [2.75, 3.05) is 0 Å². The summed E-state index contributed by atoms with van der Waals surface area (Å²) in [6.45, 7) is 0. The van der Waals surface area contributed by atoms with Crippen LogP contribution in [0.25, 0.3) is 0 Å². The second-order valence-electron chi connectivity index (χ2n) is 2.71. The fourth-order valence-electron chi connectivity index (χ4n) is 0.951. The molecule has 1 aromatic heterocycles. The van der Waals surface area contributed by atoms with E-state index in [1.165, 1.54) is 0 Å². The van der Waals surface area contributed by atoms with Crippen LogP contribution in [-0.4, -0.2) is 4.98 Å². The SMILES string of the molecule is FC(F)c1cc(CCl)nc(C(F)(F)F)c1. The minimum absolute atomic E-state index is 0.221. The molecule has 15 heavy (non-hydrogen) atoms. The van der Waals surface area contributed by atoms with Gasteiger partial charge in [-0.05, 0) is 12.1 Å². The summed E-state index contributed by atoms with van der Waals surface area (Å²) >= 11 is 5.25. The zero-order valence-electron chi connectivity index (χ0n) is 7.15. The largest absolute Gasteiger partial charge is 0.433 e. The van der Waals surface area contributed by atoms with Crippen LogP contribution in [0.4, 0.5) is 22.0 Å². The minimum atomic E-state index is -4.74. The molecule has 7 heteroatoms. The number of hydrogen-bond acceptors (Lipinski definition) is 1. The summed E-state index contributed by atoms with van der Waals surface area (Å²) in [5.74, 6) is -0.344. The first-order chi connectivity index (χ1) is 6.84. The minimum Gasteiger partial charge on any atom is -0.247 e. The lowest BCUT2D eigenvalue weighted by atomic mass is 10.2. The highest BCUT2D eigenvalue weighted by molar-refractivity contribution is 6.16. The molecular weight excluding hydrogens is 241 g/mol. The van der Waals surface area contributed by atoms with Gasteiger partial charge in [0.05, 0.1) is 11.6 Å². The standard InChI is InChI=1S/C8H5ClF5N/c9-3-5-1-4(7(10)11)2-6(15-5)8(12,13)14/h1-2,7H,3H2. The maximum Gasteiger partial charge on any atom is 0.433 e. The van der Waals surface area contributed by atoms with E-state index in [0.29, 0.717) is 6.07 Å². The Balaban J connectivity index is 3.23. The van der Waals surface area contributed by atoms with Gasteiger partial charge in [0.25, 0.3) is 6.43 Å². The molecule has 0 amide bonds. The normalized spacial score (nSPS) is 12.2. The van der Waals surface area contributed by atoms with Gasteiger partial charge in [-0.2, -0.15) is 13.2 Å². The Labute approximate surface area is 86.9 Å². The van der Waals surface area contributed by atoms with Gasteiger partial charge in [0.1, 0.15) is 5.69 Å². The molecule has 0 N–H and O–H groups in total. The third kappa shape index (κ3) is 3.02. The summed E-state index contributed by atoms with van der Waals surface area (Å²) in [5, 5.41) is 0. The highest BCUT2D eigenvalue weighted by Gasteiger charge is 2.33. The molecule has 0 aliphatic heterocycles. The Bertz CT molecular complexity index is 349. The third-order valence-corrected chi connectivity index (χ3v) is 1.85. The number of nitrogens with zero attached hydrogens (tertiary/aromatic N) is 1. The van der Waals surface area contributed by atoms with E-state index in [2.05, 4.69) is 4.98 Å². The molecule has 84 valence electrons. The zero-order valence-corrected chi connectivity index (χ0v) is 7.91. The van der Waals surface area contributed by atoms with Crippen molar-refractivity contribution < 1.29 is 22.0 Å². The molecule has 1 heterocycles. The second kappa shape index (κ2) is 4.30. The number of halogens is 6. The van der Waals surface area contributed by atoms with Gasteiger partial charge in [-0.25, -0.2) is 13.8 Å². The van der Waals surface area contributed by atoms with Crippen molar-refractivity contribution in [1.82, 2.24) is 4.98 Å². The molecule has 0 aromatic carbocycles. The lowest BCUT2D eigenvalue weighted by Gasteiger charge is -2.09. The highest BCUT2D eigenvalue weighted by atomic mass is 35.5. The number of hydrogen-bond donors (Lipinski definition) is 0. The molecule has 0 saturated heterocycles. The van der Waals surface area contributed by atoms with Gasteiger partial charge >= 0.3 is 6.18 Å². The molecule has 1 rings (SSSR count). The van der Waals surface area contributed by atoms with Gasteiger partial charge in [-0.1, -0.05) is 0 Å². The summed E-state index contributed by atoms with van der Waals surface area (Å²) in [5.41, 5.74) is -2.30. The van der Waals surface area contributed by atoms with Gasteiger partial charge in [-0.3, -0.25) is 0 Å². The van der Waals surface area contributed by atoms with Crippen molar-refractivity contribution in [1.29, 1.82) is 0 Å². The molecule has 1 aromatic rings. The van der Waals surface area contributed by atoms with E-state index in [4.69, 9.17) is 11.6 Å². The van der Waals surface area contributed by atoms with Crippen LogP contribution in [0.15, 0.2) is 12.1 Å². The molecular formula is C8H5ClF5N. The van der Waals surface area contributed by atoms with E-state index < -0.39 is 23.9 Å². The number of alkyl halides is 6. The van der Waals surface area contributed by atoms with Crippen LogP contribution in [0.1, 0.15) is 23.4 Å². The van der Waals surface area contributed by atoms with Crippen LogP contribution in [0, 0.1) is 0 Å². The fraction of sp³-hybridized carbons (Fsp3) is 0.375. The monoisotopic (exact) mass is 245 g/mol. The lowest BCUT2D eigenvalue weighted by Crippen LogP contribution is -2.10. The Morgan fingerprint density at radius 1 is 1.27 bits per heavy atom. The predicted molar refractivity (Wildman–Crippen MR) is 43.8 cm³/mol. The van der Waals surface area contributed by atoms with Crippen LogP contribution in [-0.2, 0) is 12.1 Å². The zero-order chi connectivity index (χ0) is 11.6. The van der Waals surface area contributed by atoms with Gasteiger partial charge in [0, 0.05) is 5.56 Å². The van der Waals surface area contributed by atoms with Crippen LogP contribution >= 0.6 is 11.6 Å². The summed E-state index contributed by atoms with van der Waals surface area (Å²) in [4.78, 5) is 3.12. The van der Waals surface area contributed by atoms with Crippen molar-refractivity contribution in [3.05, 3.63) is 29.1 Å². The molecule has 0 spiro atoms. The van der Waals surface area contributed by atoms with Crippen LogP contribution < -0.4 is 0 Å². The fourth-order valence-corrected chi connectivity index (χ4v) is 1.09. The molecule has 0 saturated carbocycles. The Hall–Kier alpha value is -0.910. The summed E-state index contributed by atoms with van der Waals surface area (Å²) in [6, 6.07) is 1.17. The smallest absolute Gasteiger partial charge is 0.247 e. The van der Waals surface area contributed by atoms with Crippen molar-refractivity contribution >= 4 is 11.6 Å². The molecule has 0 aliphatic carbocycles. The first-order valence-electron chi connectivity index (χ1n) is 3.76. The van der Waals surface area contributed by atoms with E-state index in [-0.39, 0.29) is 11.6 Å². The van der Waals surface area contributed by atoms with E-state index in [9.17, 15) is 22.0 Å². The van der Waals surface area contributed by atoms with E-state index >= 15 is 0 Å². The highest BCUT2D eigenvalue weighted by Crippen LogP contribution is 2.31. The maximum absolute atomic E-state index is 12.2. The molecule has 0 atom stereocenters. The average molecular weight is 246 g/mol. The van der Waals surface area contributed by atoms with Crippen molar-refractivity contribution in [2.45, 2.75) is 18.5 Å². The Morgan fingerprint density at radius 2 is 1.87 bits per heavy atom. The molecule has 0 radical (unpaired) electrons. The van der Waals surface area contributed by atoms with Crippen LogP contribution in [0.2, 0.25) is 0 Å². The van der Waals surface area contributed by atoms with Crippen molar-refractivity contribution in [3.63, 3.8) is 0 Å². The predicted octanol–water partition coefficient (Wildman–Crippen LogP) is 3.78. The number of aromatic nitrogens is 1. The topological polar surface area (TPSA) is 12.9 Å². The van der Waals surface area contributed by atoms with Crippen LogP contribution in [0.3, 0.4) is 0 Å². The van der Waals surface area contributed by atoms with E-state index in [1.54, 1.807) is 0 Å². The number of pyridine rings is 1. The lowest BCUT2D eigenvalue weighted by molar-refractivity contribution is -0.141. The molecule has 0 aliphatic rings. The van der Waals surface area contributed by atoms with E-state index in [1.807, 2.05) is 0 Å². The van der Waals surface area contributed by atoms with Gasteiger partial charge < -0.3 is 0 Å². The van der Waals surface area contributed by atoms with Crippen molar-refractivity contribution in [3.8, 4) is 0 Å². The quantitative estimate of drug-likeness (QED) is 0.571. The summed E-state index contributed by atoms with van der Waals surface area (Å²) in [6.07, 6.45) is -7.72. The molecule has 0 bridgehead atoms. The number of rotatable bonds is 2. The van der Waals surface area contributed by atoms with Crippen molar-refractivity contribution in [2.24, 2.45) is 0 Å². The first-order valence-corrected chi connectivity index (χ1v) is 4.30. The summed E-state index contributed by atoms with van der Waals surface area (Å²) in [7, 11) is 0. The third-order valence-electron chi connectivity index (χ3n) is 1.58. The molecule has 0 fully saturated rings. The Kier molecular flexibility index (Phi) is 3.49. The van der Waals surface area contributed by atoms with Crippen LogP contribution in [0.5, 0.6) is 0 Å². The molecule has 1 nitrogen and oxygen atoms in total. The van der Waals surface area contributed by atoms with Gasteiger partial charge in [-0.15, -0.1) is 11.6 Å². The van der Waals surface area contributed by atoms with Gasteiger partial charge in [0.15, 0.2) is 0 Å². The maximum atomic E-state index is 12.2. The second-order valence-corrected chi connectivity index (χ2v) is 2.98.